The van der Waals surface area contributed by atoms with Crippen molar-refractivity contribution in [3.05, 3.63) is 80.7 Å². The smallest absolute Gasteiger partial charge is 0.341 e. The fourth-order valence-electron chi connectivity index (χ4n) is 4.07. The van der Waals surface area contributed by atoms with Crippen LogP contribution in [-0.2, 0) is 33.8 Å². The largest absolute Gasteiger partial charge is 0.489 e. The molecule has 1 aliphatic carbocycles. The van der Waals surface area contributed by atoms with Crippen LogP contribution in [0.3, 0.4) is 0 Å². The molecule has 4 rings (SSSR count). The van der Waals surface area contributed by atoms with Gasteiger partial charge in [-0.2, -0.15) is 5.10 Å². The highest BCUT2D eigenvalue weighted by Crippen LogP contribution is 2.40. The maximum atomic E-state index is 12.6. The molecule has 198 valence electrons. The summed E-state index contributed by atoms with van der Waals surface area (Å²) in [6, 6.07) is 14.5. The van der Waals surface area contributed by atoms with Crippen molar-refractivity contribution in [2.75, 3.05) is 11.9 Å². The average Bonchev–Trinajstić information content (AvgIpc) is 3.25. The molecule has 8 nitrogen and oxygen atoms in total. The van der Waals surface area contributed by atoms with E-state index in [1.165, 1.54) is 17.6 Å². The second kappa shape index (κ2) is 12.7. The minimum absolute atomic E-state index is 0.218. The number of benzene rings is 2. The lowest BCUT2D eigenvalue weighted by atomic mass is 9.88. The summed E-state index contributed by atoms with van der Waals surface area (Å²) in [7, 11) is 0. The van der Waals surface area contributed by atoms with Gasteiger partial charge in [-0.15, -0.1) is 11.3 Å². The summed E-state index contributed by atoms with van der Waals surface area (Å²) in [6.07, 6.45) is 3.92. The number of nitrogens with one attached hydrogen (secondary N) is 2. The van der Waals surface area contributed by atoms with Gasteiger partial charge in [0.1, 0.15) is 17.4 Å². The Morgan fingerprint density at radius 2 is 1.95 bits per heavy atom. The molecule has 0 aliphatic heterocycles. The van der Waals surface area contributed by atoms with Crippen LogP contribution in [-0.4, -0.2) is 30.6 Å². The van der Waals surface area contributed by atoms with E-state index in [1.807, 2.05) is 18.2 Å². The Morgan fingerprint density at radius 1 is 1.16 bits per heavy atom. The average molecular weight is 554 g/mol. The number of rotatable bonds is 8. The molecular formula is C28H28ClN3O5S. The molecule has 0 spiro atoms. The molecule has 1 aliphatic rings. The molecule has 2 N–H and O–H groups in total. The van der Waals surface area contributed by atoms with E-state index in [4.69, 9.17) is 21.1 Å². The van der Waals surface area contributed by atoms with E-state index in [9.17, 15) is 14.4 Å². The number of hydrogen-bond acceptors (Lipinski definition) is 7. The van der Waals surface area contributed by atoms with Crippen molar-refractivity contribution in [2.45, 2.75) is 39.7 Å². The first kappa shape index (κ1) is 27.3. The molecule has 1 heterocycles. The van der Waals surface area contributed by atoms with Crippen molar-refractivity contribution in [3.63, 3.8) is 0 Å². The third-order valence-electron chi connectivity index (χ3n) is 5.98. The molecule has 0 bridgehead atoms. The zero-order chi connectivity index (χ0) is 27.1. The number of ether oxygens (including phenoxy) is 2. The molecule has 3 aromatic rings. The fourth-order valence-corrected chi connectivity index (χ4v) is 5.59. The third-order valence-corrected chi connectivity index (χ3v) is 7.40. The van der Waals surface area contributed by atoms with Gasteiger partial charge in [0.15, 0.2) is 0 Å². The van der Waals surface area contributed by atoms with Crippen LogP contribution < -0.4 is 15.5 Å². The van der Waals surface area contributed by atoms with Gasteiger partial charge >= 0.3 is 17.8 Å². The zero-order valence-corrected chi connectivity index (χ0v) is 22.7. The zero-order valence-electron chi connectivity index (χ0n) is 21.1. The van der Waals surface area contributed by atoms with Gasteiger partial charge in [0.05, 0.1) is 18.4 Å². The van der Waals surface area contributed by atoms with Crippen LogP contribution in [0.15, 0.2) is 53.6 Å². The van der Waals surface area contributed by atoms with Gasteiger partial charge in [0, 0.05) is 9.90 Å². The molecule has 1 atom stereocenters. The van der Waals surface area contributed by atoms with Crippen LogP contribution in [0.4, 0.5) is 5.00 Å². The first-order valence-corrected chi connectivity index (χ1v) is 13.5. The number of halogens is 1. The van der Waals surface area contributed by atoms with E-state index in [2.05, 4.69) is 22.8 Å². The van der Waals surface area contributed by atoms with Gasteiger partial charge < -0.3 is 14.8 Å². The quantitative estimate of drug-likeness (QED) is 0.169. The monoisotopic (exact) mass is 553 g/mol. The Kier molecular flexibility index (Phi) is 9.15. The first-order valence-electron chi connectivity index (χ1n) is 12.3. The van der Waals surface area contributed by atoms with Crippen LogP contribution >= 0.6 is 22.9 Å². The Labute approximate surface area is 230 Å². The van der Waals surface area contributed by atoms with Gasteiger partial charge in [0.2, 0.25) is 0 Å². The summed E-state index contributed by atoms with van der Waals surface area (Å²) in [5.74, 6) is -1.26. The molecule has 0 saturated carbocycles. The van der Waals surface area contributed by atoms with E-state index < -0.39 is 17.8 Å². The number of anilines is 1. The molecule has 2 amide bonds. The van der Waals surface area contributed by atoms with Crippen LogP contribution in [0, 0.1) is 5.92 Å². The highest BCUT2D eigenvalue weighted by molar-refractivity contribution is 7.17. The SMILES string of the molecule is CCOC(=O)c1c(NC(=O)C(=O)NN=Cc2cccc(OCc3ccc(Cl)cc3)c2)sc2c1CCC(C)C2. The molecule has 0 saturated heterocycles. The molecule has 10 heteroatoms. The van der Waals surface area contributed by atoms with E-state index in [-0.39, 0.29) is 6.61 Å². The van der Waals surface area contributed by atoms with Gasteiger partial charge in [-0.25, -0.2) is 10.2 Å². The summed E-state index contributed by atoms with van der Waals surface area (Å²) < 4.78 is 11.0. The molecule has 0 radical (unpaired) electrons. The van der Waals surface area contributed by atoms with Crippen molar-refractivity contribution in [3.8, 4) is 5.75 Å². The molecule has 2 aromatic carbocycles. The predicted octanol–water partition coefficient (Wildman–Crippen LogP) is 5.37. The highest BCUT2D eigenvalue weighted by Gasteiger charge is 2.30. The topological polar surface area (TPSA) is 106 Å². The molecule has 0 fully saturated rings. The van der Waals surface area contributed by atoms with E-state index >= 15 is 0 Å². The summed E-state index contributed by atoms with van der Waals surface area (Å²) in [5, 5.41) is 7.46. The van der Waals surface area contributed by atoms with Crippen molar-refractivity contribution < 1.29 is 23.9 Å². The third kappa shape index (κ3) is 6.99. The predicted molar refractivity (Wildman–Crippen MR) is 148 cm³/mol. The highest BCUT2D eigenvalue weighted by atomic mass is 35.5. The van der Waals surface area contributed by atoms with E-state index in [1.54, 1.807) is 37.3 Å². The second-order valence-electron chi connectivity index (χ2n) is 8.92. The maximum absolute atomic E-state index is 12.6. The number of hydrogen-bond donors (Lipinski definition) is 2. The van der Waals surface area contributed by atoms with Crippen molar-refractivity contribution in [1.82, 2.24) is 5.43 Å². The molecule has 38 heavy (non-hydrogen) atoms. The summed E-state index contributed by atoms with van der Waals surface area (Å²) in [4.78, 5) is 38.7. The van der Waals surface area contributed by atoms with Crippen LogP contribution in [0.2, 0.25) is 5.02 Å². The maximum Gasteiger partial charge on any atom is 0.341 e. The first-order chi connectivity index (χ1) is 18.3. The molecular weight excluding hydrogens is 526 g/mol. The standard InChI is InChI=1S/C28H28ClN3O5S/c1-3-36-28(35)24-22-12-7-17(2)13-23(22)38-27(24)31-25(33)26(34)32-30-15-19-5-4-6-21(14-19)37-16-18-8-10-20(29)11-9-18/h4-6,8-11,14-15,17H,3,7,12-13,16H2,1-2H3,(H,31,33)(H,32,34). The number of amides is 2. The Morgan fingerprint density at radius 3 is 2.71 bits per heavy atom. The minimum atomic E-state index is -0.953. The van der Waals surface area contributed by atoms with Crippen molar-refractivity contribution in [1.29, 1.82) is 0 Å². The summed E-state index contributed by atoms with van der Waals surface area (Å²) in [6.45, 7) is 4.46. The number of carbonyl (C=O) groups excluding carboxylic acids is 3. The number of esters is 1. The number of fused-ring (bicyclic) bond motifs is 1. The lowest BCUT2D eigenvalue weighted by molar-refractivity contribution is -0.136. The van der Waals surface area contributed by atoms with Gasteiger partial charge in [-0.05, 0) is 73.1 Å². The van der Waals surface area contributed by atoms with E-state index in [0.717, 1.165) is 35.3 Å². The Bertz CT molecular complexity index is 1350. The number of hydrazone groups is 1. The normalized spacial score (nSPS) is 14.6. The molecule has 1 aromatic heterocycles. The lowest BCUT2D eigenvalue weighted by Crippen LogP contribution is -2.32. The van der Waals surface area contributed by atoms with Gasteiger partial charge in [-0.1, -0.05) is 42.8 Å². The Hall–Kier alpha value is -3.69. The summed E-state index contributed by atoms with van der Waals surface area (Å²) in [5.41, 5.74) is 5.12. The minimum Gasteiger partial charge on any atom is -0.489 e. The van der Waals surface area contributed by atoms with E-state index in [0.29, 0.717) is 39.4 Å². The van der Waals surface area contributed by atoms with Crippen LogP contribution in [0.25, 0.3) is 0 Å². The number of thiophene rings is 1. The Balaban J connectivity index is 1.36. The number of nitrogens with zero attached hydrogens (tertiary/aromatic N) is 1. The molecule has 1 unspecified atom stereocenters. The van der Waals surface area contributed by atoms with Gasteiger partial charge in [0.25, 0.3) is 0 Å². The number of carbonyl (C=O) groups is 3. The van der Waals surface area contributed by atoms with Crippen molar-refractivity contribution in [2.24, 2.45) is 11.0 Å². The fraction of sp³-hybridized carbons (Fsp3) is 0.286. The van der Waals surface area contributed by atoms with Crippen LogP contribution in [0.5, 0.6) is 5.75 Å². The second-order valence-corrected chi connectivity index (χ2v) is 10.5. The summed E-state index contributed by atoms with van der Waals surface area (Å²) >= 11 is 7.23. The van der Waals surface area contributed by atoms with Crippen LogP contribution in [0.1, 0.15) is 52.2 Å². The van der Waals surface area contributed by atoms with Gasteiger partial charge in [-0.3, -0.25) is 9.59 Å². The van der Waals surface area contributed by atoms with Crippen molar-refractivity contribution >= 4 is 51.9 Å². The lowest BCUT2D eigenvalue weighted by Gasteiger charge is -2.18.